The summed E-state index contributed by atoms with van der Waals surface area (Å²) in [5.74, 6) is -0.753. The summed E-state index contributed by atoms with van der Waals surface area (Å²) in [4.78, 5) is 11.0. The van der Waals surface area contributed by atoms with Gasteiger partial charge in [0.25, 0.3) is 0 Å². The Kier molecular flexibility index (Phi) is 9.52. The molecule has 4 N–H and O–H groups in total. The molecule has 3 rings (SSSR count). The average Bonchev–Trinajstić information content (AvgIpc) is 2.75. The van der Waals surface area contributed by atoms with Crippen LogP contribution in [0.25, 0.3) is 0 Å². The number of nitrogens with one attached hydrogen (secondary N) is 1. The summed E-state index contributed by atoms with van der Waals surface area (Å²) in [6.07, 6.45) is 3.63. The number of nitrogens with zero attached hydrogens (tertiary/aromatic N) is 1. The van der Waals surface area contributed by atoms with Crippen LogP contribution in [0.1, 0.15) is 49.3 Å². The van der Waals surface area contributed by atoms with E-state index >= 15 is 0 Å². The number of rotatable bonds is 8. The van der Waals surface area contributed by atoms with Crippen molar-refractivity contribution >= 4 is 63.6 Å². The average molecular weight is 463 g/mol. The molecule has 0 spiro atoms. The molecule has 0 radical (unpaired) electrons. The number of carboxylic acids is 1. The van der Waals surface area contributed by atoms with E-state index in [4.69, 9.17) is 16.7 Å². The van der Waals surface area contributed by atoms with Crippen molar-refractivity contribution in [3.8, 4) is 0 Å². The van der Waals surface area contributed by atoms with Gasteiger partial charge < -0.3 is 10.4 Å². The van der Waals surface area contributed by atoms with Gasteiger partial charge in [0.05, 0.1) is 16.6 Å². The van der Waals surface area contributed by atoms with Crippen molar-refractivity contribution in [2.75, 3.05) is 17.9 Å². The van der Waals surface area contributed by atoms with Crippen LogP contribution in [0.2, 0.25) is 5.02 Å². The second-order valence-electron chi connectivity index (χ2n) is 7.20. The van der Waals surface area contributed by atoms with Gasteiger partial charge in [0.15, 0.2) is 0 Å². The first kappa shape index (κ1) is 25.5. The van der Waals surface area contributed by atoms with Crippen molar-refractivity contribution in [1.29, 1.82) is 0 Å². The maximum atomic E-state index is 11.0. The molecule has 0 fully saturated rings. The van der Waals surface area contributed by atoms with Gasteiger partial charge in [-0.3, -0.25) is 18.2 Å². The predicted octanol–water partition coefficient (Wildman–Crippen LogP) is 4.88. The molecule has 160 valence electrons. The Balaban J connectivity index is 0.00000320. The molecule has 1 unspecified atom stereocenters. The third-order valence-electron chi connectivity index (χ3n) is 5.22. The summed E-state index contributed by atoms with van der Waals surface area (Å²) >= 11 is 6.17. The SMILES string of the molecule is CN1c2ccccc2C(NCCCCCCC(=O)O)c2ccc(Cl)cc2S1(O)O.[NaH]. The van der Waals surface area contributed by atoms with E-state index in [2.05, 4.69) is 5.32 Å². The van der Waals surface area contributed by atoms with Crippen LogP contribution in [0.3, 0.4) is 0 Å². The van der Waals surface area contributed by atoms with Crippen LogP contribution in [0.5, 0.6) is 0 Å². The third-order valence-corrected chi connectivity index (χ3v) is 7.36. The van der Waals surface area contributed by atoms with Crippen LogP contribution in [0.4, 0.5) is 5.69 Å². The quantitative estimate of drug-likeness (QED) is 0.330. The monoisotopic (exact) mass is 462 g/mol. The molecule has 9 heteroatoms. The summed E-state index contributed by atoms with van der Waals surface area (Å²) in [6, 6.07) is 12.8. The number of carboxylic acid groups (broad SMARTS) is 1. The number of benzene rings is 2. The number of hydrogen-bond donors (Lipinski definition) is 4. The molecule has 0 bridgehead atoms. The first-order valence-electron chi connectivity index (χ1n) is 9.68. The zero-order valence-corrected chi connectivity index (χ0v) is 17.9. The van der Waals surface area contributed by atoms with Gasteiger partial charge in [0.1, 0.15) is 0 Å². The van der Waals surface area contributed by atoms with Gasteiger partial charge in [-0.25, -0.2) is 0 Å². The number of aliphatic carboxylic acids is 1. The van der Waals surface area contributed by atoms with Crippen molar-refractivity contribution in [2.24, 2.45) is 0 Å². The van der Waals surface area contributed by atoms with Gasteiger partial charge in [-0.05, 0) is 48.7 Å². The Bertz CT molecular complexity index is 884. The van der Waals surface area contributed by atoms with Crippen molar-refractivity contribution in [3.05, 3.63) is 58.6 Å². The van der Waals surface area contributed by atoms with E-state index in [1.807, 2.05) is 30.3 Å². The first-order chi connectivity index (χ1) is 13.8. The number of para-hydroxylation sites is 1. The predicted molar refractivity (Wildman–Crippen MR) is 125 cm³/mol. The molecular formula is C21H28ClN2NaO4S. The van der Waals surface area contributed by atoms with Crippen molar-refractivity contribution in [1.82, 2.24) is 5.32 Å². The van der Waals surface area contributed by atoms with Crippen LogP contribution < -0.4 is 9.62 Å². The number of halogens is 1. The van der Waals surface area contributed by atoms with Crippen LogP contribution in [-0.2, 0) is 4.79 Å². The van der Waals surface area contributed by atoms with Gasteiger partial charge in [0.2, 0.25) is 0 Å². The number of anilines is 1. The summed E-state index contributed by atoms with van der Waals surface area (Å²) in [6.45, 7) is 0.733. The second-order valence-corrected chi connectivity index (χ2v) is 9.66. The van der Waals surface area contributed by atoms with Crippen LogP contribution >= 0.6 is 22.4 Å². The fourth-order valence-corrected chi connectivity index (χ4v) is 5.44. The zero-order valence-electron chi connectivity index (χ0n) is 16.3. The molecule has 1 aliphatic rings. The molecule has 2 aromatic rings. The van der Waals surface area contributed by atoms with E-state index in [9.17, 15) is 13.9 Å². The van der Waals surface area contributed by atoms with Gasteiger partial charge in [-0.1, -0.05) is 59.5 Å². The molecule has 30 heavy (non-hydrogen) atoms. The Morgan fingerprint density at radius 1 is 1.10 bits per heavy atom. The van der Waals surface area contributed by atoms with E-state index in [-0.39, 0.29) is 42.0 Å². The zero-order chi connectivity index (χ0) is 21.0. The normalized spacial score (nSPS) is 17.9. The Labute approximate surface area is 206 Å². The van der Waals surface area contributed by atoms with E-state index < -0.39 is 16.7 Å². The molecular weight excluding hydrogens is 435 g/mol. The first-order valence-corrected chi connectivity index (χ1v) is 11.6. The van der Waals surface area contributed by atoms with E-state index in [0.29, 0.717) is 16.3 Å². The topological polar surface area (TPSA) is 93.0 Å². The number of carbonyl (C=O) groups is 1. The third kappa shape index (κ3) is 5.72. The maximum absolute atomic E-state index is 11.0. The van der Waals surface area contributed by atoms with Gasteiger partial charge in [0, 0.05) is 18.5 Å². The number of fused-ring (bicyclic) bond motifs is 2. The molecule has 0 saturated carbocycles. The Hall–Kier alpha value is -0.770. The van der Waals surface area contributed by atoms with E-state index in [0.717, 1.165) is 42.6 Å². The molecule has 1 atom stereocenters. The molecule has 2 aromatic carbocycles. The molecule has 1 heterocycles. The van der Waals surface area contributed by atoms with Crippen LogP contribution in [-0.4, -0.2) is 63.3 Å². The fraction of sp³-hybridized carbons (Fsp3) is 0.381. The van der Waals surface area contributed by atoms with Crippen LogP contribution in [0, 0.1) is 0 Å². The van der Waals surface area contributed by atoms with Gasteiger partial charge in [-0.15, -0.1) is 0 Å². The molecule has 0 saturated heterocycles. The minimum absolute atomic E-state index is 0. The second kappa shape index (κ2) is 11.2. The van der Waals surface area contributed by atoms with Crippen molar-refractivity contribution in [2.45, 2.75) is 43.0 Å². The van der Waals surface area contributed by atoms with Gasteiger partial charge in [-0.2, -0.15) is 0 Å². The fourth-order valence-electron chi connectivity index (χ4n) is 3.68. The molecule has 6 nitrogen and oxygen atoms in total. The summed E-state index contributed by atoms with van der Waals surface area (Å²) in [7, 11) is -1.54. The molecule has 1 aliphatic heterocycles. The standard InChI is InChI=1S/C21H27ClN2O4S.Na.H/c1-24-18-9-6-5-8-16(18)21(23-13-7-3-2-4-10-20(25)26)17-12-11-15(22)14-19(17)29(24,27)28;;/h5-6,8-9,11-12,14,21,23,27-28H,2-4,7,10,13H2,1H3,(H,25,26);;. The molecule has 0 amide bonds. The summed E-state index contributed by atoms with van der Waals surface area (Å²) in [5, 5.41) is 12.7. The Morgan fingerprint density at radius 3 is 2.53 bits per heavy atom. The summed E-state index contributed by atoms with van der Waals surface area (Å²) < 4.78 is 23.5. The Morgan fingerprint density at radius 2 is 1.80 bits per heavy atom. The van der Waals surface area contributed by atoms with Crippen LogP contribution in [0.15, 0.2) is 47.4 Å². The van der Waals surface area contributed by atoms with Crippen molar-refractivity contribution in [3.63, 3.8) is 0 Å². The minimum atomic E-state index is -3.22. The van der Waals surface area contributed by atoms with Crippen molar-refractivity contribution < 1.29 is 19.0 Å². The molecule has 0 aromatic heterocycles. The molecule has 0 aliphatic carbocycles. The van der Waals surface area contributed by atoms with E-state index in [1.54, 1.807) is 19.2 Å². The van der Waals surface area contributed by atoms with E-state index in [1.165, 1.54) is 4.31 Å². The number of hydrogen-bond acceptors (Lipinski definition) is 5. The van der Waals surface area contributed by atoms with Gasteiger partial charge >= 0.3 is 35.5 Å². The summed E-state index contributed by atoms with van der Waals surface area (Å²) in [5.41, 5.74) is 2.54. The number of unbranched alkanes of at least 4 members (excludes halogenated alkanes) is 3.